The third kappa shape index (κ3) is 4.10. The maximum Gasteiger partial charge on any atom is 0.253 e. The predicted molar refractivity (Wildman–Crippen MR) is 108 cm³/mol. The number of pyridine rings is 1. The van der Waals surface area contributed by atoms with E-state index in [0.29, 0.717) is 15.3 Å². The van der Waals surface area contributed by atoms with E-state index in [2.05, 4.69) is 9.97 Å². The van der Waals surface area contributed by atoms with Crippen LogP contribution in [0.3, 0.4) is 0 Å². The van der Waals surface area contributed by atoms with E-state index >= 15 is 0 Å². The molecule has 0 radical (unpaired) electrons. The largest absolute Gasteiger partial charge is 0.278 e. The Morgan fingerprint density at radius 1 is 1.19 bits per heavy atom. The van der Waals surface area contributed by atoms with Gasteiger partial charge in [0.25, 0.3) is 5.91 Å². The lowest BCUT2D eigenvalue weighted by Crippen LogP contribution is -2.28. The molecule has 0 spiro atoms. The first-order chi connectivity index (χ1) is 13.2. The molecule has 0 atom stereocenters. The van der Waals surface area contributed by atoms with Crippen LogP contribution in [-0.2, 0) is 11.3 Å². The molecule has 1 aromatic carbocycles. The van der Waals surface area contributed by atoms with Gasteiger partial charge in [-0.3, -0.25) is 14.7 Å². The van der Waals surface area contributed by atoms with Gasteiger partial charge in [-0.1, -0.05) is 23.5 Å². The van der Waals surface area contributed by atoms with E-state index in [1.54, 1.807) is 34.6 Å². The fraction of sp³-hybridized carbons (Fsp3) is 0.0500. The number of thiazole rings is 1. The smallest absolute Gasteiger partial charge is 0.253 e. The number of fused-ring (bicyclic) bond motifs is 1. The zero-order valence-corrected chi connectivity index (χ0v) is 15.7. The van der Waals surface area contributed by atoms with E-state index in [0.717, 1.165) is 10.6 Å². The molecule has 4 nitrogen and oxygen atoms in total. The van der Waals surface area contributed by atoms with Gasteiger partial charge in [0.15, 0.2) is 5.13 Å². The van der Waals surface area contributed by atoms with Gasteiger partial charge in [-0.15, -0.1) is 11.3 Å². The van der Waals surface area contributed by atoms with Crippen LogP contribution in [0.4, 0.5) is 9.52 Å². The van der Waals surface area contributed by atoms with Crippen molar-refractivity contribution in [2.45, 2.75) is 6.54 Å². The molecular weight excluding hydrogens is 381 g/mol. The summed E-state index contributed by atoms with van der Waals surface area (Å²) in [6.45, 7) is 0.288. The van der Waals surface area contributed by atoms with Gasteiger partial charge < -0.3 is 0 Å². The average molecular weight is 395 g/mol. The maximum absolute atomic E-state index is 13.5. The number of carbonyl (C=O) groups excluding carboxylic acids is 1. The van der Waals surface area contributed by atoms with Crippen molar-refractivity contribution in [3.05, 3.63) is 82.6 Å². The van der Waals surface area contributed by atoms with Crippen LogP contribution in [0.1, 0.15) is 10.6 Å². The van der Waals surface area contributed by atoms with Crippen LogP contribution < -0.4 is 4.90 Å². The summed E-state index contributed by atoms with van der Waals surface area (Å²) in [7, 11) is 0. The topological polar surface area (TPSA) is 46.1 Å². The van der Waals surface area contributed by atoms with Crippen molar-refractivity contribution in [3.63, 3.8) is 0 Å². The Bertz CT molecular complexity index is 1090. The molecule has 0 aliphatic heterocycles. The number of carbonyl (C=O) groups is 1. The number of hydrogen-bond acceptors (Lipinski definition) is 5. The summed E-state index contributed by atoms with van der Waals surface area (Å²) in [5, 5.41) is 2.47. The lowest BCUT2D eigenvalue weighted by Gasteiger charge is -2.17. The van der Waals surface area contributed by atoms with Gasteiger partial charge in [-0.2, -0.15) is 0 Å². The molecule has 27 heavy (non-hydrogen) atoms. The van der Waals surface area contributed by atoms with Crippen molar-refractivity contribution in [3.8, 4) is 0 Å². The minimum Gasteiger partial charge on any atom is -0.278 e. The number of anilines is 1. The Morgan fingerprint density at radius 2 is 2.11 bits per heavy atom. The first-order valence-corrected chi connectivity index (χ1v) is 9.88. The van der Waals surface area contributed by atoms with Crippen molar-refractivity contribution >= 4 is 50.0 Å². The summed E-state index contributed by atoms with van der Waals surface area (Å²) in [6, 6.07) is 13.9. The van der Waals surface area contributed by atoms with Crippen molar-refractivity contribution < 1.29 is 9.18 Å². The molecule has 0 saturated carbocycles. The summed E-state index contributed by atoms with van der Waals surface area (Å²) in [5.41, 5.74) is 1.42. The summed E-state index contributed by atoms with van der Waals surface area (Å²) >= 11 is 2.84. The number of thiophene rings is 1. The number of halogens is 1. The van der Waals surface area contributed by atoms with Crippen LogP contribution >= 0.6 is 22.7 Å². The van der Waals surface area contributed by atoms with E-state index in [1.165, 1.54) is 29.5 Å². The molecule has 0 N–H and O–H groups in total. The lowest BCUT2D eigenvalue weighted by atomic mass is 10.3. The van der Waals surface area contributed by atoms with E-state index in [1.807, 2.05) is 35.7 Å². The molecule has 4 aromatic rings. The average Bonchev–Trinajstić information content (AvgIpc) is 3.34. The summed E-state index contributed by atoms with van der Waals surface area (Å²) in [4.78, 5) is 24.3. The number of rotatable bonds is 5. The Kier molecular flexibility index (Phi) is 5.04. The Balaban J connectivity index is 1.68. The predicted octanol–water partition coefficient (Wildman–Crippen LogP) is 5.14. The molecular formula is C20H14FN3OS2. The molecule has 0 fully saturated rings. The van der Waals surface area contributed by atoms with E-state index in [4.69, 9.17) is 0 Å². The third-order valence-electron chi connectivity index (χ3n) is 3.82. The molecule has 4 rings (SSSR count). The fourth-order valence-electron chi connectivity index (χ4n) is 2.52. The number of hydrogen-bond donors (Lipinski definition) is 0. The number of amides is 1. The van der Waals surface area contributed by atoms with Crippen molar-refractivity contribution in [1.29, 1.82) is 0 Å². The van der Waals surface area contributed by atoms with Crippen LogP contribution in [0.15, 0.2) is 66.2 Å². The Hall–Kier alpha value is -2.90. The molecule has 0 aliphatic carbocycles. The Labute approximate surface area is 163 Å². The highest BCUT2D eigenvalue weighted by Gasteiger charge is 2.19. The second-order valence-corrected chi connectivity index (χ2v) is 7.69. The van der Waals surface area contributed by atoms with Gasteiger partial charge in [0.05, 0.1) is 22.5 Å². The van der Waals surface area contributed by atoms with Gasteiger partial charge in [-0.05, 0) is 47.9 Å². The van der Waals surface area contributed by atoms with Crippen LogP contribution in [0.5, 0.6) is 0 Å². The second-order valence-electron chi connectivity index (χ2n) is 5.70. The standard InChI is InChI=1S/C20H14FN3OS2/c21-14-6-8-17-18(12-14)27-20(23-17)24(13-15-4-1-2-10-22-15)19(25)9-7-16-5-3-11-26-16/h1-12H,13H2. The molecule has 3 aromatic heterocycles. The summed E-state index contributed by atoms with van der Waals surface area (Å²) < 4.78 is 14.2. The molecule has 0 aliphatic rings. The number of aromatic nitrogens is 2. The summed E-state index contributed by atoms with van der Waals surface area (Å²) in [6.07, 6.45) is 5.00. The molecule has 0 saturated heterocycles. The highest BCUT2D eigenvalue weighted by molar-refractivity contribution is 7.22. The number of nitrogens with zero attached hydrogens (tertiary/aromatic N) is 3. The molecule has 3 heterocycles. The second kappa shape index (κ2) is 7.77. The SMILES string of the molecule is O=C(C=Cc1cccs1)N(Cc1ccccn1)c1nc2ccc(F)cc2s1. The van der Waals surface area contributed by atoms with Gasteiger partial charge in [0.1, 0.15) is 5.82 Å². The quantitative estimate of drug-likeness (QED) is 0.440. The van der Waals surface area contributed by atoms with Gasteiger partial charge in [0, 0.05) is 17.2 Å². The summed E-state index contributed by atoms with van der Waals surface area (Å²) in [5.74, 6) is -0.522. The minimum absolute atomic E-state index is 0.200. The van der Waals surface area contributed by atoms with Gasteiger partial charge in [0.2, 0.25) is 0 Å². The van der Waals surface area contributed by atoms with Gasteiger partial charge >= 0.3 is 0 Å². The van der Waals surface area contributed by atoms with Crippen molar-refractivity contribution in [1.82, 2.24) is 9.97 Å². The minimum atomic E-state index is -0.321. The van der Waals surface area contributed by atoms with Crippen molar-refractivity contribution in [2.75, 3.05) is 4.90 Å². The molecule has 7 heteroatoms. The monoisotopic (exact) mass is 395 g/mol. The highest BCUT2D eigenvalue weighted by Crippen LogP contribution is 2.30. The maximum atomic E-state index is 13.5. The Morgan fingerprint density at radius 3 is 2.89 bits per heavy atom. The zero-order valence-electron chi connectivity index (χ0n) is 14.1. The molecule has 134 valence electrons. The van der Waals surface area contributed by atoms with Crippen LogP contribution in [0.25, 0.3) is 16.3 Å². The third-order valence-corrected chi connectivity index (χ3v) is 5.69. The molecule has 1 amide bonds. The highest BCUT2D eigenvalue weighted by atomic mass is 32.1. The van der Waals surface area contributed by atoms with E-state index < -0.39 is 0 Å². The van der Waals surface area contributed by atoms with Crippen molar-refractivity contribution in [2.24, 2.45) is 0 Å². The lowest BCUT2D eigenvalue weighted by molar-refractivity contribution is -0.114. The van der Waals surface area contributed by atoms with Crippen LogP contribution in [-0.4, -0.2) is 15.9 Å². The molecule has 0 bridgehead atoms. The van der Waals surface area contributed by atoms with Gasteiger partial charge in [-0.25, -0.2) is 9.37 Å². The van der Waals surface area contributed by atoms with E-state index in [-0.39, 0.29) is 18.3 Å². The fourth-order valence-corrected chi connectivity index (χ4v) is 4.14. The normalized spacial score (nSPS) is 11.3. The zero-order chi connectivity index (χ0) is 18.6. The number of benzene rings is 1. The molecule has 0 unspecified atom stereocenters. The first-order valence-electron chi connectivity index (χ1n) is 8.18. The first kappa shape index (κ1) is 17.5. The van der Waals surface area contributed by atoms with Crippen LogP contribution in [0, 0.1) is 5.82 Å². The van der Waals surface area contributed by atoms with E-state index in [9.17, 15) is 9.18 Å². The van der Waals surface area contributed by atoms with Crippen LogP contribution in [0.2, 0.25) is 0 Å².